The Morgan fingerprint density at radius 2 is 2.08 bits per heavy atom. The van der Waals surface area contributed by atoms with E-state index in [-0.39, 0.29) is 12.0 Å². The van der Waals surface area contributed by atoms with Gasteiger partial charge in [-0.15, -0.1) is 0 Å². The van der Waals surface area contributed by atoms with Crippen molar-refractivity contribution in [3.05, 3.63) is 47.8 Å². The monoisotopic (exact) mass is 343 g/mol. The molecule has 6 heteroatoms. The third-order valence-corrected chi connectivity index (χ3v) is 4.36. The summed E-state index contributed by atoms with van der Waals surface area (Å²) in [5.41, 5.74) is 2.00. The molecule has 6 nitrogen and oxygen atoms in total. The number of aromatic nitrogens is 2. The van der Waals surface area contributed by atoms with Crippen LogP contribution in [-0.2, 0) is 9.47 Å². The third kappa shape index (κ3) is 3.75. The molecule has 0 saturated carbocycles. The summed E-state index contributed by atoms with van der Waals surface area (Å²) in [4.78, 5) is 14.9. The van der Waals surface area contributed by atoms with Crippen LogP contribution < -0.4 is 0 Å². The summed E-state index contributed by atoms with van der Waals surface area (Å²) >= 11 is 0. The molecule has 25 heavy (non-hydrogen) atoms. The molecule has 1 saturated heterocycles. The number of hydrogen-bond donors (Lipinski definition) is 0. The zero-order valence-electron chi connectivity index (χ0n) is 15.2. The van der Waals surface area contributed by atoms with Gasteiger partial charge in [-0.2, -0.15) is 5.10 Å². The molecule has 1 aliphatic heterocycles. The molecule has 134 valence electrons. The van der Waals surface area contributed by atoms with Crippen molar-refractivity contribution in [1.82, 2.24) is 14.7 Å². The highest BCUT2D eigenvalue weighted by molar-refractivity contribution is 5.95. The Hall–Kier alpha value is -2.18. The van der Waals surface area contributed by atoms with Crippen LogP contribution in [0.3, 0.4) is 0 Å². The van der Waals surface area contributed by atoms with Gasteiger partial charge in [-0.1, -0.05) is 18.2 Å². The van der Waals surface area contributed by atoms with E-state index in [1.165, 1.54) is 0 Å². The van der Waals surface area contributed by atoms with Crippen LogP contribution in [0.1, 0.15) is 29.9 Å². The number of morpholine rings is 1. The normalized spacial score (nSPS) is 19.8. The lowest BCUT2D eigenvalue weighted by Crippen LogP contribution is -2.55. The number of hydrogen-bond acceptors (Lipinski definition) is 4. The highest BCUT2D eigenvalue weighted by Crippen LogP contribution is 2.24. The second-order valence-electron chi connectivity index (χ2n) is 7.03. The van der Waals surface area contributed by atoms with E-state index in [1.807, 2.05) is 56.0 Å². The number of nitrogens with zero attached hydrogens (tertiary/aromatic N) is 3. The number of carbonyl (C=O) groups excluding carboxylic acids is 1. The SMILES string of the molecule is COC[C@H]1CN(C(=O)c2cnn(-c3ccccc3)c2C)CC(C)(C)O1. The van der Waals surface area contributed by atoms with Crippen LogP contribution in [0.4, 0.5) is 0 Å². The Morgan fingerprint density at radius 1 is 1.36 bits per heavy atom. The van der Waals surface area contributed by atoms with Crippen LogP contribution >= 0.6 is 0 Å². The van der Waals surface area contributed by atoms with Gasteiger partial charge in [0.15, 0.2) is 0 Å². The Labute approximate surface area is 148 Å². The summed E-state index contributed by atoms with van der Waals surface area (Å²) in [6.07, 6.45) is 1.53. The fourth-order valence-corrected chi connectivity index (χ4v) is 3.34. The van der Waals surface area contributed by atoms with Crippen molar-refractivity contribution < 1.29 is 14.3 Å². The fourth-order valence-electron chi connectivity index (χ4n) is 3.34. The van der Waals surface area contributed by atoms with Crippen LogP contribution in [0.2, 0.25) is 0 Å². The molecule has 0 radical (unpaired) electrons. The summed E-state index contributed by atoms with van der Waals surface area (Å²) in [7, 11) is 1.64. The summed E-state index contributed by atoms with van der Waals surface area (Å²) in [6, 6.07) is 9.82. The lowest BCUT2D eigenvalue weighted by molar-refractivity contribution is -0.143. The molecule has 0 unspecified atom stereocenters. The minimum Gasteiger partial charge on any atom is -0.382 e. The van der Waals surface area contributed by atoms with Crippen molar-refractivity contribution in [2.45, 2.75) is 32.5 Å². The largest absolute Gasteiger partial charge is 0.382 e. The molecule has 1 aromatic heterocycles. The van der Waals surface area contributed by atoms with Gasteiger partial charge in [0.1, 0.15) is 0 Å². The first-order chi connectivity index (χ1) is 11.9. The predicted octanol–water partition coefficient (Wildman–Crippen LogP) is 2.45. The number of carbonyl (C=O) groups is 1. The molecule has 1 fully saturated rings. The number of amides is 1. The minimum absolute atomic E-state index is 0.0165. The van der Waals surface area contributed by atoms with Crippen molar-refractivity contribution in [3.63, 3.8) is 0 Å². The average Bonchev–Trinajstić information content (AvgIpc) is 2.95. The van der Waals surface area contributed by atoms with Gasteiger partial charge in [-0.3, -0.25) is 4.79 Å². The molecule has 1 aliphatic rings. The molecule has 2 aromatic rings. The van der Waals surface area contributed by atoms with Gasteiger partial charge in [-0.05, 0) is 32.9 Å². The number of rotatable bonds is 4. The first-order valence-corrected chi connectivity index (χ1v) is 8.47. The van der Waals surface area contributed by atoms with Crippen LogP contribution in [0.5, 0.6) is 0 Å². The van der Waals surface area contributed by atoms with E-state index in [0.29, 0.717) is 25.3 Å². The fraction of sp³-hybridized carbons (Fsp3) is 0.474. The van der Waals surface area contributed by atoms with Gasteiger partial charge in [0, 0.05) is 20.2 Å². The van der Waals surface area contributed by atoms with Crippen LogP contribution in [0.25, 0.3) is 5.69 Å². The quantitative estimate of drug-likeness (QED) is 0.856. The van der Waals surface area contributed by atoms with Gasteiger partial charge < -0.3 is 14.4 Å². The molecule has 1 amide bonds. The lowest BCUT2D eigenvalue weighted by Gasteiger charge is -2.42. The third-order valence-electron chi connectivity index (χ3n) is 4.36. The minimum atomic E-state index is -0.402. The predicted molar refractivity (Wildman–Crippen MR) is 95.0 cm³/mol. The maximum atomic E-state index is 13.1. The Bertz CT molecular complexity index is 740. The van der Waals surface area contributed by atoms with Gasteiger partial charge >= 0.3 is 0 Å². The highest BCUT2D eigenvalue weighted by Gasteiger charge is 2.36. The molecule has 2 heterocycles. The molecule has 3 rings (SSSR count). The average molecular weight is 343 g/mol. The number of methoxy groups -OCH3 is 1. The van der Waals surface area contributed by atoms with Crippen LogP contribution in [0, 0.1) is 6.92 Å². The molecular weight excluding hydrogens is 318 g/mol. The maximum Gasteiger partial charge on any atom is 0.257 e. The van der Waals surface area contributed by atoms with Gasteiger partial charge in [0.2, 0.25) is 0 Å². The van der Waals surface area contributed by atoms with E-state index in [0.717, 1.165) is 11.4 Å². The molecule has 0 bridgehead atoms. The number of ether oxygens (including phenoxy) is 2. The zero-order valence-corrected chi connectivity index (χ0v) is 15.2. The summed E-state index contributed by atoms with van der Waals surface area (Å²) in [5.74, 6) is -0.0165. The smallest absolute Gasteiger partial charge is 0.257 e. The molecule has 0 spiro atoms. The topological polar surface area (TPSA) is 56.6 Å². The van der Waals surface area contributed by atoms with E-state index >= 15 is 0 Å². The molecule has 0 N–H and O–H groups in total. The van der Waals surface area contributed by atoms with Crippen molar-refractivity contribution in [3.8, 4) is 5.69 Å². The van der Waals surface area contributed by atoms with E-state index in [1.54, 1.807) is 18.0 Å². The van der Waals surface area contributed by atoms with Gasteiger partial charge in [0.05, 0.1) is 41.5 Å². The van der Waals surface area contributed by atoms with Crippen molar-refractivity contribution in [1.29, 1.82) is 0 Å². The summed E-state index contributed by atoms with van der Waals surface area (Å²) in [5, 5.41) is 4.41. The molecular formula is C19H25N3O3. The Kier molecular flexibility index (Phi) is 4.92. The second kappa shape index (κ2) is 6.98. The Morgan fingerprint density at radius 3 is 2.76 bits per heavy atom. The highest BCUT2D eigenvalue weighted by atomic mass is 16.5. The van der Waals surface area contributed by atoms with Crippen molar-refractivity contribution >= 4 is 5.91 Å². The Balaban J connectivity index is 1.84. The molecule has 0 aliphatic carbocycles. The number of para-hydroxylation sites is 1. The lowest BCUT2D eigenvalue weighted by atomic mass is 10.0. The van der Waals surface area contributed by atoms with Crippen LogP contribution in [-0.4, -0.2) is 59.1 Å². The van der Waals surface area contributed by atoms with Crippen LogP contribution in [0.15, 0.2) is 36.5 Å². The van der Waals surface area contributed by atoms with Crippen molar-refractivity contribution in [2.75, 3.05) is 26.8 Å². The maximum absolute atomic E-state index is 13.1. The van der Waals surface area contributed by atoms with Crippen molar-refractivity contribution in [2.24, 2.45) is 0 Å². The summed E-state index contributed by atoms with van der Waals surface area (Å²) in [6.45, 7) is 7.44. The molecule has 1 aromatic carbocycles. The van der Waals surface area contributed by atoms with Gasteiger partial charge in [-0.25, -0.2) is 4.68 Å². The zero-order chi connectivity index (χ0) is 18.0. The standard InChI is InChI=1S/C19H25N3O3/c1-14-17(10-20-22(14)15-8-6-5-7-9-15)18(23)21-11-16(12-24-4)25-19(2,3)13-21/h5-10,16H,11-13H2,1-4H3/t16-/m1/s1. The first kappa shape index (κ1) is 17.6. The van der Waals surface area contributed by atoms with E-state index in [9.17, 15) is 4.79 Å². The first-order valence-electron chi connectivity index (χ1n) is 8.47. The molecule has 1 atom stereocenters. The van der Waals surface area contributed by atoms with E-state index in [2.05, 4.69) is 5.10 Å². The summed E-state index contributed by atoms with van der Waals surface area (Å²) < 4.78 is 13.0. The number of benzene rings is 1. The second-order valence-corrected chi connectivity index (χ2v) is 7.03. The van der Waals surface area contributed by atoms with E-state index < -0.39 is 5.60 Å². The van der Waals surface area contributed by atoms with E-state index in [4.69, 9.17) is 9.47 Å². The van der Waals surface area contributed by atoms with Gasteiger partial charge in [0.25, 0.3) is 5.91 Å².